The van der Waals surface area contributed by atoms with Crippen LogP contribution in [0.2, 0.25) is 0 Å². The van der Waals surface area contributed by atoms with Crippen molar-refractivity contribution in [1.82, 2.24) is 5.32 Å². The average molecular weight is 882 g/mol. The van der Waals surface area contributed by atoms with Crippen LogP contribution in [0.3, 0.4) is 0 Å². The lowest BCUT2D eigenvalue weighted by molar-refractivity contribution is -0.346. The highest BCUT2D eigenvalue weighted by atomic mass is 16.6. The second-order valence-electron chi connectivity index (χ2n) is 17.6. The summed E-state index contributed by atoms with van der Waals surface area (Å²) in [5.41, 5.74) is 2.06. The van der Waals surface area contributed by atoms with Crippen molar-refractivity contribution in [3.63, 3.8) is 0 Å². The van der Waals surface area contributed by atoms with Crippen molar-refractivity contribution in [2.75, 3.05) is 18.6 Å². The summed E-state index contributed by atoms with van der Waals surface area (Å²) in [7, 11) is 1.45. The molecule has 4 aliphatic rings. The Hall–Kier alpha value is -6.14. The number of Topliss-reactive ketones (excluding diaryl/α,β-unsaturated/α-hetero) is 1. The van der Waals surface area contributed by atoms with Gasteiger partial charge in [-0.05, 0) is 60.4 Å². The minimum Gasteiger partial charge on any atom is -0.456 e. The van der Waals surface area contributed by atoms with Gasteiger partial charge in [-0.15, -0.1) is 0 Å². The Morgan fingerprint density at radius 2 is 1.59 bits per heavy atom. The molecule has 18 nitrogen and oxygen atoms in total. The number of urea groups is 1. The Bertz CT molecular complexity index is 2410. The van der Waals surface area contributed by atoms with Gasteiger partial charge >= 0.3 is 23.9 Å². The molecule has 2 bridgehead atoms. The van der Waals surface area contributed by atoms with Crippen molar-refractivity contribution in [3.8, 4) is 0 Å². The first-order valence-corrected chi connectivity index (χ1v) is 20.8. The SMILES string of the molecule is CC(=O)O[C@@]12CO[C@@H]1C[C@H](O)[C@@]1(C)C(=O)[C@H](O)C3=C(C)[C@@H](OC(=O)[C@H](O)[C@@H](NC(=O)N(C)c4ccc(N=[N+]=[N-])cc4)c4ccccc4)C[C@@](O)([C@@H](OC(=O)c4ccccc4)[C@H]21)C3(C)C. The number of ether oxygens (including phenoxy) is 4. The second kappa shape index (κ2) is 17.1. The van der Waals surface area contributed by atoms with Crippen LogP contribution < -0.4 is 10.2 Å². The molecule has 1 saturated heterocycles. The van der Waals surface area contributed by atoms with E-state index in [9.17, 15) is 39.6 Å². The number of carbonyl (C=O) groups excluding carboxylic acids is 5. The highest BCUT2D eigenvalue weighted by molar-refractivity contribution is 5.94. The van der Waals surface area contributed by atoms with Gasteiger partial charge in [0, 0.05) is 48.5 Å². The number of amides is 2. The molecule has 0 unspecified atom stereocenters. The number of aliphatic hydroxyl groups is 4. The van der Waals surface area contributed by atoms with Gasteiger partial charge in [-0.3, -0.25) is 14.5 Å². The summed E-state index contributed by atoms with van der Waals surface area (Å²) in [5, 5.41) is 55.7. The van der Waals surface area contributed by atoms with Crippen molar-refractivity contribution in [1.29, 1.82) is 0 Å². The summed E-state index contributed by atoms with van der Waals surface area (Å²) in [6.45, 7) is 6.79. The Morgan fingerprint density at radius 1 is 0.969 bits per heavy atom. The molecule has 0 aromatic heterocycles. The standard InChI is InChI=1S/C46H51N5O13/c1-24-30(62-41(58)36(55)34(26-13-9-7-10-14-26)48-42(59)51(6)29-19-17-28(18-20-29)49-50-47)22-46(60)39(63-40(57)27-15-11-8-12-16-27)37-44(5,38(56)35(54)33(24)43(46,3)4)31(53)21-32-45(37,23-61-32)64-25(2)52/h7-20,30-32,34-37,39,53-55,60H,21-23H2,1-6H3,(H,48,59)/t30-,31-,32+,34-,35+,36+,37-,39-,44+,45-,46+/m0/s1. The van der Waals surface area contributed by atoms with Crippen LogP contribution in [0.25, 0.3) is 10.4 Å². The molecule has 2 saturated carbocycles. The fraction of sp³-hybridized carbons (Fsp3) is 0.457. The predicted octanol–water partition coefficient (Wildman–Crippen LogP) is 4.52. The van der Waals surface area contributed by atoms with Gasteiger partial charge in [0.25, 0.3) is 0 Å². The number of fused-ring (bicyclic) bond motifs is 5. The molecule has 3 aromatic carbocycles. The predicted molar refractivity (Wildman–Crippen MR) is 226 cm³/mol. The van der Waals surface area contributed by atoms with Crippen LogP contribution in [0.1, 0.15) is 69.4 Å². The zero-order valence-corrected chi connectivity index (χ0v) is 36.1. The normalized spacial score (nSPS) is 31.1. The summed E-state index contributed by atoms with van der Waals surface area (Å²) in [5.74, 6) is -5.45. The molecule has 11 atom stereocenters. The molecule has 64 heavy (non-hydrogen) atoms. The number of azide groups is 1. The Labute approximate surface area is 368 Å². The lowest BCUT2D eigenvalue weighted by Gasteiger charge is -2.67. The number of benzene rings is 3. The number of hydrogen-bond acceptors (Lipinski definition) is 14. The highest BCUT2D eigenvalue weighted by Gasteiger charge is 2.78. The third-order valence-corrected chi connectivity index (χ3v) is 13.9. The summed E-state index contributed by atoms with van der Waals surface area (Å²) in [6.07, 6.45) is -10.8. The maximum Gasteiger partial charge on any atom is 0.338 e. The minimum absolute atomic E-state index is 0.0667. The summed E-state index contributed by atoms with van der Waals surface area (Å²) >= 11 is 0. The molecule has 3 fully saturated rings. The molecular weight excluding hydrogens is 831 g/mol. The molecule has 1 aliphatic heterocycles. The lowest BCUT2D eigenvalue weighted by atomic mass is 9.44. The topological polar surface area (TPSA) is 267 Å². The van der Waals surface area contributed by atoms with Gasteiger partial charge in [-0.2, -0.15) is 0 Å². The van der Waals surface area contributed by atoms with E-state index in [1.54, 1.807) is 48.5 Å². The number of esters is 3. The van der Waals surface area contributed by atoms with Crippen molar-refractivity contribution in [3.05, 3.63) is 118 Å². The molecule has 2 amide bonds. The van der Waals surface area contributed by atoms with Gasteiger partial charge in [0.05, 0.1) is 35.6 Å². The van der Waals surface area contributed by atoms with E-state index < -0.39 is 107 Å². The van der Waals surface area contributed by atoms with Gasteiger partial charge in [-0.25, -0.2) is 14.4 Å². The van der Waals surface area contributed by atoms with E-state index >= 15 is 4.79 Å². The van der Waals surface area contributed by atoms with Crippen LogP contribution >= 0.6 is 0 Å². The second-order valence-corrected chi connectivity index (χ2v) is 17.6. The number of carbonyl (C=O) groups is 5. The zero-order chi connectivity index (χ0) is 46.5. The van der Waals surface area contributed by atoms with Gasteiger partial charge in [0.15, 0.2) is 17.5 Å². The summed E-state index contributed by atoms with van der Waals surface area (Å²) < 4.78 is 24.2. The van der Waals surface area contributed by atoms with E-state index in [0.717, 1.165) is 6.92 Å². The first-order valence-electron chi connectivity index (χ1n) is 20.8. The number of nitrogens with zero attached hydrogens (tertiary/aromatic N) is 4. The fourth-order valence-corrected chi connectivity index (χ4v) is 10.3. The Balaban J connectivity index is 1.30. The molecule has 3 aromatic rings. The molecule has 5 N–H and O–H groups in total. The van der Waals surface area contributed by atoms with Crippen LogP contribution in [-0.4, -0.2) is 112 Å². The van der Waals surface area contributed by atoms with Gasteiger partial charge < -0.3 is 44.7 Å². The Kier molecular flexibility index (Phi) is 12.3. The lowest BCUT2D eigenvalue weighted by Crippen LogP contribution is -2.81. The minimum atomic E-state index is -2.38. The van der Waals surface area contributed by atoms with Crippen LogP contribution in [0.15, 0.2) is 101 Å². The van der Waals surface area contributed by atoms with Crippen LogP contribution in [0.4, 0.5) is 16.2 Å². The summed E-state index contributed by atoms with van der Waals surface area (Å²) in [4.78, 5) is 74.1. The van der Waals surface area contributed by atoms with E-state index in [1.165, 1.54) is 76.0 Å². The molecule has 7 rings (SSSR count). The van der Waals surface area contributed by atoms with E-state index in [0.29, 0.717) is 16.9 Å². The highest BCUT2D eigenvalue weighted by Crippen LogP contribution is 2.64. The molecule has 338 valence electrons. The van der Waals surface area contributed by atoms with E-state index in [2.05, 4.69) is 15.3 Å². The third kappa shape index (κ3) is 7.49. The largest absolute Gasteiger partial charge is 0.456 e. The maximum atomic E-state index is 15.0. The molecular formula is C46H51N5O13. The van der Waals surface area contributed by atoms with Crippen molar-refractivity contribution < 1.29 is 63.3 Å². The fourth-order valence-electron chi connectivity index (χ4n) is 10.3. The Morgan fingerprint density at radius 3 is 2.17 bits per heavy atom. The van der Waals surface area contributed by atoms with Crippen molar-refractivity contribution >= 4 is 41.1 Å². The smallest absolute Gasteiger partial charge is 0.338 e. The average Bonchev–Trinajstić information content (AvgIpc) is 3.27. The van der Waals surface area contributed by atoms with Crippen LogP contribution in [0, 0.1) is 16.7 Å². The molecule has 3 aliphatic carbocycles. The number of nitrogens with one attached hydrogen (secondary N) is 1. The molecule has 1 heterocycles. The first-order chi connectivity index (χ1) is 30.2. The molecule has 18 heteroatoms. The van der Waals surface area contributed by atoms with Crippen LogP contribution in [0.5, 0.6) is 0 Å². The van der Waals surface area contributed by atoms with Crippen molar-refractivity contribution in [2.24, 2.45) is 21.9 Å². The maximum absolute atomic E-state index is 15.0. The summed E-state index contributed by atoms with van der Waals surface area (Å²) in [6, 6.07) is 19.9. The monoisotopic (exact) mass is 881 g/mol. The third-order valence-electron chi connectivity index (χ3n) is 13.9. The first kappa shape index (κ1) is 45.9. The number of anilines is 1. The van der Waals surface area contributed by atoms with E-state index in [4.69, 9.17) is 24.5 Å². The van der Waals surface area contributed by atoms with Gasteiger partial charge in [0.1, 0.15) is 30.0 Å². The number of rotatable bonds is 10. The number of ketones is 1. The molecule has 0 spiro atoms. The zero-order valence-electron chi connectivity index (χ0n) is 36.1. The van der Waals surface area contributed by atoms with Crippen molar-refractivity contribution in [2.45, 2.75) is 101 Å². The van der Waals surface area contributed by atoms with E-state index in [1.807, 2.05) is 0 Å². The number of hydrogen-bond donors (Lipinski definition) is 5. The van der Waals surface area contributed by atoms with Crippen LogP contribution in [-0.2, 0) is 33.3 Å². The quantitative estimate of drug-likeness (QED) is 0.0469. The molecule has 0 radical (unpaired) electrons. The van der Waals surface area contributed by atoms with E-state index in [-0.39, 0.29) is 29.7 Å². The van der Waals surface area contributed by atoms with Gasteiger partial charge in [-0.1, -0.05) is 79.6 Å². The van der Waals surface area contributed by atoms with Gasteiger partial charge in [0.2, 0.25) is 0 Å². The number of aliphatic hydroxyl groups excluding tert-OH is 3.